The van der Waals surface area contributed by atoms with E-state index in [1.807, 2.05) is 19.1 Å². The summed E-state index contributed by atoms with van der Waals surface area (Å²) < 4.78 is 10.9. The summed E-state index contributed by atoms with van der Waals surface area (Å²) in [6.07, 6.45) is 2.82. The standard InChI is InChI=1S/C25H33NO4/c1-5-6-15-30-25(28)20-9-11-21(12-10-20)26-24(27)8-7-16-29-22-13-14-23(18(2)3)19(4)17-22/h9-14,17-18H,5-8,15-16H2,1-4H3,(H,26,27). The Kier molecular flexibility index (Phi) is 9.39. The van der Waals surface area contributed by atoms with E-state index in [9.17, 15) is 9.59 Å². The van der Waals surface area contributed by atoms with Gasteiger partial charge in [-0.1, -0.05) is 33.3 Å². The lowest BCUT2D eigenvalue weighted by Crippen LogP contribution is -2.13. The van der Waals surface area contributed by atoms with Gasteiger partial charge in [0, 0.05) is 12.1 Å². The first-order valence-corrected chi connectivity index (χ1v) is 10.7. The zero-order valence-corrected chi connectivity index (χ0v) is 18.5. The molecule has 0 aliphatic rings. The number of aryl methyl sites for hydroxylation is 1. The van der Waals surface area contributed by atoms with E-state index in [0.29, 0.717) is 43.2 Å². The van der Waals surface area contributed by atoms with E-state index < -0.39 is 0 Å². The van der Waals surface area contributed by atoms with Crippen LogP contribution in [0.1, 0.15) is 73.9 Å². The van der Waals surface area contributed by atoms with Crippen LogP contribution in [-0.4, -0.2) is 25.1 Å². The number of amides is 1. The molecule has 0 spiro atoms. The van der Waals surface area contributed by atoms with Gasteiger partial charge in [0.2, 0.25) is 5.91 Å². The molecule has 0 saturated heterocycles. The highest BCUT2D eigenvalue weighted by molar-refractivity contribution is 5.93. The summed E-state index contributed by atoms with van der Waals surface area (Å²) in [5, 5.41) is 2.84. The first kappa shape index (κ1) is 23.5. The lowest BCUT2D eigenvalue weighted by atomic mass is 9.98. The normalized spacial score (nSPS) is 10.7. The molecule has 1 N–H and O–H groups in total. The maximum absolute atomic E-state index is 12.1. The van der Waals surface area contributed by atoms with Crippen molar-refractivity contribution in [3.63, 3.8) is 0 Å². The van der Waals surface area contributed by atoms with E-state index >= 15 is 0 Å². The van der Waals surface area contributed by atoms with Crippen molar-refractivity contribution in [2.45, 2.75) is 59.3 Å². The molecule has 0 heterocycles. The number of carbonyl (C=O) groups is 2. The average molecular weight is 412 g/mol. The van der Waals surface area contributed by atoms with Crippen molar-refractivity contribution in [3.8, 4) is 5.75 Å². The van der Waals surface area contributed by atoms with Gasteiger partial charge >= 0.3 is 5.97 Å². The number of hydrogen-bond acceptors (Lipinski definition) is 4. The molecule has 1 amide bonds. The Labute approximate surface area is 179 Å². The average Bonchev–Trinajstić information content (AvgIpc) is 2.71. The first-order chi connectivity index (χ1) is 14.4. The monoisotopic (exact) mass is 411 g/mol. The molecule has 2 aromatic rings. The van der Waals surface area contributed by atoms with Crippen molar-refractivity contribution >= 4 is 17.6 Å². The summed E-state index contributed by atoms with van der Waals surface area (Å²) in [6, 6.07) is 12.9. The summed E-state index contributed by atoms with van der Waals surface area (Å²) in [5.41, 5.74) is 3.68. The summed E-state index contributed by atoms with van der Waals surface area (Å²) in [6.45, 7) is 9.39. The summed E-state index contributed by atoms with van der Waals surface area (Å²) in [5.74, 6) is 0.903. The van der Waals surface area contributed by atoms with Gasteiger partial charge in [-0.25, -0.2) is 4.79 Å². The SMILES string of the molecule is CCCCOC(=O)c1ccc(NC(=O)CCCOc2ccc(C(C)C)c(C)c2)cc1. The van der Waals surface area contributed by atoms with Gasteiger partial charge < -0.3 is 14.8 Å². The Morgan fingerprint density at radius 3 is 2.37 bits per heavy atom. The van der Waals surface area contributed by atoms with E-state index in [-0.39, 0.29) is 11.9 Å². The van der Waals surface area contributed by atoms with Crippen molar-refractivity contribution in [1.29, 1.82) is 0 Å². The van der Waals surface area contributed by atoms with Crippen LogP contribution in [0.3, 0.4) is 0 Å². The van der Waals surface area contributed by atoms with Crippen molar-refractivity contribution < 1.29 is 19.1 Å². The first-order valence-electron chi connectivity index (χ1n) is 10.7. The largest absolute Gasteiger partial charge is 0.494 e. The molecular formula is C25H33NO4. The smallest absolute Gasteiger partial charge is 0.338 e. The Hall–Kier alpha value is -2.82. The molecule has 0 saturated carbocycles. The third kappa shape index (κ3) is 7.54. The predicted octanol–water partition coefficient (Wildman–Crippen LogP) is 5.87. The van der Waals surface area contributed by atoms with Crippen molar-refractivity contribution in [2.24, 2.45) is 0 Å². The van der Waals surface area contributed by atoms with Gasteiger partial charge in [-0.3, -0.25) is 4.79 Å². The minimum absolute atomic E-state index is 0.0804. The fraction of sp³-hybridized carbons (Fsp3) is 0.440. The van der Waals surface area contributed by atoms with Gasteiger partial charge in [-0.05, 0) is 73.2 Å². The van der Waals surface area contributed by atoms with Crippen molar-refractivity contribution in [3.05, 3.63) is 59.2 Å². The van der Waals surface area contributed by atoms with Gasteiger partial charge in [0.05, 0.1) is 18.8 Å². The van der Waals surface area contributed by atoms with Crippen LogP contribution in [0.2, 0.25) is 0 Å². The zero-order chi connectivity index (χ0) is 21.9. The van der Waals surface area contributed by atoms with E-state index in [0.717, 1.165) is 18.6 Å². The molecule has 0 unspecified atom stereocenters. The summed E-state index contributed by atoms with van der Waals surface area (Å²) >= 11 is 0. The predicted molar refractivity (Wildman–Crippen MR) is 120 cm³/mol. The van der Waals surface area contributed by atoms with E-state index in [1.54, 1.807) is 24.3 Å². The molecule has 0 aliphatic carbocycles. The highest BCUT2D eigenvalue weighted by Gasteiger charge is 2.08. The lowest BCUT2D eigenvalue weighted by Gasteiger charge is -2.12. The number of hydrogen-bond donors (Lipinski definition) is 1. The van der Waals surface area contributed by atoms with Crippen LogP contribution in [0.4, 0.5) is 5.69 Å². The second kappa shape index (κ2) is 12.0. The summed E-state index contributed by atoms with van der Waals surface area (Å²) in [7, 11) is 0. The lowest BCUT2D eigenvalue weighted by molar-refractivity contribution is -0.116. The van der Waals surface area contributed by atoms with E-state index in [1.165, 1.54) is 11.1 Å². The number of anilines is 1. The maximum Gasteiger partial charge on any atom is 0.338 e. The molecule has 0 aliphatic heterocycles. The molecule has 0 radical (unpaired) electrons. The molecule has 30 heavy (non-hydrogen) atoms. The van der Waals surface area contributed by atoms with Crippen LogP contribution in [0, 0.1) is 6.92 Å². The van der Waals surface area contributed by atoms with Gasteiger partial charge in [0.25, 0.3) is 0 Å². The number of unbranched alkanes of at least 4 members (excludes halogenated alkanes) is 1. The number of ether oxygens (including phenoxy) is 2. The third-order valence-electron chi connectivity index (χ3n) is 4.82. The minimum atomic E-state index is -0.338. The van der Waals surface area contributed by atoms with Gasteiger partial charge in [-0.2, -0.15) is 0 Å². The van der Waals surface area contributed by atoms with Crippen molar-refractivity contribution in [1.82, 2.24) is 0 Å². The molecule has 5 nitrogen and oxygen atoms in total. The quantitative estimate of drug-likeness (QED) is 0.371. The molecule has 0 fully saturated rings. The Bertz CT molecular complexity index is 828. The van der Waals surface area contributed by atoms with Crippen LogP contribution in [0.5, 0.6) is 5.75 Å². The van der Waals surface area contributed by atoms with Crippen LogP contribution >= 0.6 is 0 Å². The number of nitrogens with one attached hydrogen (secondary N) is 1. The van der Waals surface area contributed by atoms with Crippen molar-refractivity contribution in [2.75, 3.05) is 18.5 Å². The highest BCUT2D eigenvalue weighted by Crippen LogP contribution is 2.23. The van der Waals surface area contributed by atoms with Crippen LogP contribution in [-0.2, 0) is 9.53 Å². The molecule has 0 bridgehead atoms. The number of esters is 1. The number of carbonyl (C=O) groups excluding carboxylic acids is 2. The second-order valence-electron chi connectivity index (χ2n) is 7.74. The number of benzene rings is 2. The molecule has 2 rings (SSSR count). The fourth-order valence-corrected chi connectivity index (χ4v) is 3.11. The van der Waals surface area contributed by atoms with Gasteiger partial charge in [0.15, 0.2) is 0 Å². The molecule has 0 atom stereocenters. The zero-order valence-electron chi connectivity index (χ0n) is 18.5. The molecule has 0 aromatic heterocycles. The fourth-order valence-electron chi connectivity index (χ4n) is 3.11. The third-order valence-corrected chi connectivity index (χ3v) is 4.82. The van der Waals surface area contributed by atoms with E-state index in [4.69, 9.17) is 9.47 Å². The maximum atomic E-state index is 12.1. The topological polar surface area (TPSA) is 64.6 Å². The van der Waals surface area contributed by atoms with Crippen LogP contribution < -0.4 is 10.1 Å². The Morgan fingerprint density at radius 1 is 1.00 bits per heavy atom. The van der Waals surface area contributed by atoms with Crippen LogP contribution in [0.25, 0.3) is 0 Å². The molecule has 2 aromatic carbocycles. The Morgan fingerprint density at radius 2 is 1.73 bits per heavy atom. The molecule has 162 valence electrons. The number of rotatable bonds is 11. The van der Waals surface area contributed by atoms with Gasteiger partial charge in [0.1, 0.15) is 5.75 Å². The van der Waals surface area contributed by atoms with E-state index in [2.05, 4.69) is 32.2 Å². The molecular weight excluding hydrogens is 378 g/mol. The van der Waals surface area contributed by atoms with Crippen LogP contribution in [0.15, 0.2) is 42.5 Å². The molecule has 5 heteroatoms. The second-order valence-corrected chi connectivity index (χ2v) is 7.74. The highest BCUT2D eigenvalue weighted by atomic mass is 16.5. The van der Waals surface area contributed by atoms with Gasteiger partial charge in [-0.15, -0.1) is 0 Å². The Balaban J connectivity index is 1.72. The summed E-state index contributed by atoms with van der Waals surface area (Å²) in [4.78, 5) is 24.0. The minimum Gasteiger partial charge on any atom is -0.494 e.